The molecule has 1 nitrogen and oxygen atoms in total. The second-order valence-corrected chi connectivity index (χ2v) is 6.07. The molecular weight excluding hydrogens is 214 g/mol. The van der Waals surface area contributed by atoms with Gasteiger partial charge in [-0.3, -0.25) is 0 Å². The lowest BCUT2D eigenvalue weighted by Gasteiger charge is -2.19. The van der Waals surface area contributed by atoms with Crippen LogP contribution in [-0.4, -0.2) is 12.3 Å². The first-order valence-electron chi connectivity index (χ1n) is 5.53. The number of thioether (sulfide) groups is 1. The Kier molecular flexibility index (Phi) is 4.63. The van der Waals surface area contributed by atoms with Crippen molar-refractivity contribution in [3.63, 3.8) is 0 Å². The van der Waals surface area contributed by atoms with Crippen LogP contribution in [0.25, 0.3) is 0 Å². The van der Waals surface area contributed by atoms with Crippen LogP contribution in [-0.2, 0) is 5.41 Å². The van der Waals surface area contributed by atoms with Gasteiger partial charge in [0.25, 0.3) is 0 Å². The molecule has 0 atom stereocenters. The number of benzene rings is 1. The fourth-order valence-corrected chi connectivity index (χ4v) is 2.11. The molecule has 0 bridgehead atoms. The van der Waals surface area contributed by atoms with Crippen molar-refractivity contribution in [3.05, 3.63) is 42.0 Å². The lowest BCUT2D eigenvalue weighted by atomic mass is 9.87. The molecule has 0 spiro atoms. The van der Waals surface area contributed by atoms with Crippen LogP contribution in [0.3, 0.4) is 0 Å². The van der Waals surface area contributed by atoms with Crippen LogP contribution >= 0.6 is 11.8 Å². The Bertz CT molecular complexity index is 346. The molecule has 0 aliphatic rings. The van der Waals surface area contributed by atoms with E-state index in [2.05, 4.69) is 51.6 Å². The lowest BCUT2D eigenvalue weighted by Crippen LogP contribution is -2.10. The van der Waals surface area contributed by atoms with Gasteiger partial charge in [-0.15, -0.1) is 11.8 Å². The molecule has 0 aliphatic heterocycles. The molecule has 0 amide bonds. The van der Waals surface area contributed by atoms with E-state index in [-0.39, 0.29) is 5.41 Å². The van der Waals surface area contributed by atoms with Crippen molar-refractivity contribution in [2.24, 2.45) is 5.73 Å². The second kappa shape index (κ2) is 5.55. The minimum Gasteiger partial charge on any atom is -0.327 e. The average Bonchev–Trinajstić information content (AvgIpc) is 2.25. The first kappa shape index (κ1) is 13.3. The van der Waals surface area contributed by atoms with Crippen LogP contribution in [0.5, 0.6) is 0 Å². The highest BCUT2D eigenvalue weighted by Crippen LogP contribution is 2.26. The molecule has 0 radical (unpaired) electrons. The largest absolute Gasteiger partial charge is 0.327 e. The summed E-state index contributed by atoms with van der Waals surface area (Å²) in [6.45, 7) is 11.2. The Morgan fingerprint density at radius 3 is 2.25 bits per heavy atom. The van der Waals surface area contributed by atoms with Crippen molar-refractivity contribution in [1.82, 2.24) is 0 Å². The maximum absolute atomic E-state index is 5.50. The van der Waals surface area contributed by atoms with Crippen molar-refractivity contribution in [2.75, 3.05) is 12.3 Å². The van der Waals surface area contributed by atoms with E-state index in [0.29, 0.717) is 6.54 Å². The Labute approximate surface area is 103 Å². The van der Waals surface area contributed by atoms with Crippen molar-refractivity contribution in [2.45, 2.75) is 31.1 Å². The normalized spacial score (nSPS) is 11.5. The van der Waals surface area contributed by atoms with E-state index in [1.54, 1.807) is 11.8 Å². The van der Waals surface area contributed by atoms with Gasteiger partial charge in [-0.05, 0) is 23.1 Å². The zero-order valence-electron chi connectivity index (χ0n) is 10.4. The van der Waals surface area contributed by atoms with Gasteiger partial charge in [0.2, 0.25) is 0 Å². The number of rotatable bonds is 4. The summed E-state index contributed by atoms with van der Waals surface area (Å²) in [6, 6.07) is 8.76. The summed E-state index contributed by atoms with van der Waals surface area (Å²) in [5.41, 5.74) is 8.19. The number of hydrogen-bond donors (Lipinski definition) is 1. The summed E-state index contributed by atoms with van der Waals surface area (Å²) in [6.07, 6.45) is 0. The zero-order valence-corrected chi connectivity index (χ0v) is 11.2. The van der Waals surface area contributed by atoms with Crippen LogP contribution in [0.2, 0.25) is 0 Å². The zero-order chi connectivity index (χ0) is 12.2. The van der Waals surface area contributed by atoms with Crippen LogP contribution < -0.4 is 5.73 Å². The molecule has 0 saturated heterocycles. The SMILES string of the molecule is C=C(CN)CSc1ccc(C(C)(C)C)cc1. The van der Waals surface area contributed by atoms with Gasteiger partial charge in [-0.1, -0.05) is 45.1 Å². The van der Waals surface area contributed by atoms with E-state index in [4.69, 9.17) is 5.73 Å². The molecule has 0 unspecified atom stereocenters. The molecule has 2 N–H and O–H groups in total. The number of nitrogens with two attached hydrogens (primary N) is 1. The molecule has 16 heavy (non-hydrogen) atoms. The Morgan fingerprint density at radius 2 is 1.81 bits per heavy atom. The van der Waals surface area contributed by atoms with Crippen molar-refractivity contribution >= 4 is 11.8 Å². The first-order valence-corrected chi connectivity index (χ1v) is 6.52. The van der Waals surface area contributed by atoms with Gasteiger partial charge < -0.3 is 5.73 Å². The highest BCUT2D eigenvalue weighted by atomic mass is 32.2. The monoisotopic (exact) mass is 235 g/mol. The average molecular weight is 235 g/mol. The standard InChI is InChI=1S/C14H21NS/c1-11(9-15)10-16-13-7-5-12(6-8-13)14(2,3)4/h5-8H,1,9-10,15H2,2-4H3. The van der Waals surface area contributed by atoms with Gasteiger partial charge in [-0.2, -0.15) is 0 Å². The smallest absolute Gasteiger partial charge is 0.0200 e. The first-order chi connectivity index (χ1) is 7.43. The Hall–Kier alpha value is -0.730. The summed E-state index contributed by atoms with van der Waals surface area (Å²) < 4.78 is 0. The van der Waals surface area contributed by atoms with Crippen LogP contribution in [0.1, 0.15) is 26.3 Å². The quantitative estimate of drug-likeness (QED) is 0.637. The van der Waals surface area contributed by atoms with E-state index < -0.39 is 0 Å². The van der Waals surface area contributed by atoms with Crippen LogP contribution in [0.15, 0.2) is 41.3 Å². The Morgan fingerprint density at radius 1 is 1.25 bits per heavy atom. The van der Waals surface area contributed by atoms with Gasteiger partial charge in [-0.25, -0.2) is 0 Å². The molecule has 0 aromatic heterocycles. The molecule has 0 fully saturated rings. The molecule has 0 aliphatic carbocycles. The minimum atomic E-state index is 0.226. The van der Waals surface area contributed by atoms with Crippen LogP contribution in [0.4, 0.5) is 0 Å². The van der Waals surface area contributed by atoms with Gasteiger partial charge in [0.1, 0.15) is 0 Å². The van der Waals surface area contributed by atoms with Gasteiger partial charge >= 0.3 is 0 Å². The summed E-state index contributed by atoms with van der Waals surface area (Å²) in [5.74, 6) is 0.908. The van der Waals surface area contributed by atoms with E-state index in [9.17, 15) is 0 Å². The summed E-state index contributed by atoms with van der Waals surface area (Å²) in [7, 11) is 0. The van der Waals surface area contributed by atoms with Crippen molar-refractivity contribution in [1.29, 1.82) is 0 Å². The third-order valence-corrected chi connectivity index (χ3v) is 3.61. The third-order valence-electron chi connectivity index (χ3n) is 2.45. The molecule has 88 valence electrons. The van der Waals surface area contributed by atoms with Gasteiger partial charge in [0.05, 0.1) is 0 Å². The molecule has 2 heteroatoms. The van der Waals surface area contributed by atoms with E-state index in [1.165, 1.54) is 10.5 Å². The highest BCUT2D eigenvalue weighted by molar-refractivity contribution is 7.99. The predicted octanol–water partition coefficient (Wildman–Crippen LogP) is 3.59. The van der Waals surface area contributed by atoms with Gasteiger partial charge in [0, 0.05) is 17.2 Å². The maximum Gasteiger partial charge on any atom is 0.0200 e. The molecule has 1 rings (SSSR count). The summed E-state index contributed by atoms with van der Waals surface area (Å²) >= 11 is 1.79. The Balaban J connectivity index is 2.62. The lowest BCUT2D eigenvalue weighted by molar-refractivity contribution is 0.590. The molecule has 1 aromatic carbocycles. The third kappa shape index (κ3) is 4.03. The topological polar surface area (TPSA) is 26.0 Å². The molecule has 0 heterocycles. The van der Waals surface area contributed by atoms with E-state index in [1.807, 2.05) is 0 Å². The highest BCUT2D eigenvalue weighted by Gasteiger charge is 2.12. The molecule has 1 aromatic rings. The number of hydrogen-bond acceptors (Lipinski definition) is 2. The maximum atomic E-state index is 5.50. The fraction of sp³-hybridized carbons (Fsp3) is 0.429. The van der Waals surface area contributed by atoms with Crippen molar-refractivity contribution in [3.8, 4) is 0 Å². The molecule has 0 saturated carbocycles. The van der Waals surface area contributed by atoms with E-state index >= 15 is 0 Å². The summed E-state index contributed by atoms with van der Waals surface area (Å²) in [5, 5.41) is 0. The molecular formula is C14H21NS. The second-order valence-electron chi connectivity index (χ2n) is 5.02. The van der Waals surface area contributed by atoms with Gasteiger partial charge in [0.15, 0.2) is 0 Å². The fourth-order valence-electron chi connectivity index (χ4n) is 1.30. The van der Waals surface area contributed by atoms with E-state index in [0.717, 1.165) is 11.3 Å². The van der Waals surface area contributed by atoms with Crippen LogP contribution in [0, 0.1) is 0 Å². The minimum absolute atomic E-state index is 0.226. The predicted molar refractivity (Wildman–Crippen MR) is 74.1 cm³/mol. The summed E-state index contributed by atoms with van der Waals surface area (Å²) in [4.78, 5) is 1.28. The van der Waals surface area contributed by atoms with Crippen molar-refractivity contribution < 1.29 is 0 Å².